The number of para-hydroxylation sites is 1. The first kappa shape index (κ1) is 16.3. The van der Waals surface area contributed by atoms with Crippen LogP contribution >= 0.6 is 0 Å². The van der Waals surface area contributed by atoms with Gasteiger partial charge >= 0.3 is 5.97 Å². The Labute approximate surface area is 142 Å². The molecule has 0 saturated carbocycles. The van der Waals surface area contributed by atoms with Crippen LogP contribution in [0.5, 0.6) is 11.5 Å². The maximum absolute atomic E-state index is 12.6. The summed E-state index contributed by atoms with van der Waals surface area (Å²) >= 11 is 0. The molecule has 0 atom stereocenters. The molecule has 0 unspecified atom stereocenters. The fourth-order valence-corrected chi connectivity index (χ4v) is 2.41. The first-order valence-electron chi connectivity index (χ1n) is 7.30. The SMILES string of the molecule is COc1ccc(O)c(C(=O)c2cnn(-c3ccccc3C(=O)O)c2)c1. The first-order valence-corrected chi connectivity index (χ1v) is 7.30. The first-order chi connectivity index (χ1) is 12.0. The number of ketones is 1. The Bertz CT molecular complexity index is 962. The summed E-state index contributed by atoms with van der Waals surface area (Å²) in [5.74, 6) is -1.28. The van der Waals surface area contributed by atoms with E-state index in [1.165, 1.54) is 42.4 Å². The number of carbonyl (C=O) groups is 2. The number of aromatic carboxylic acids is 1. The van der Waals surface area contributed by atoms with Gasteiger partial charge in [-0.15, -0.1) is 0 Å². The lowest BCUT2D eigenvalue weighted by Gasteiger charge is -2.06. The molecular weight excluding hydrogens is 324 g/mol. The third kappa shape index (κ3) is 3.07. The summed E-state index contributed by atoms with van der Waals surface area (Å²) in [6.45, 7) is 0. The van der Waals surface area contributed by atoms with E-state index in [1.54, 1.807) is 24.3 Å². The highest BCUT2D eigenvalue weighted by molar-refractivity contribution is 6.10. The number of benzene rings is 2. The molecule has 0 saturated heterocycles. The van der Waals surface area contributed by atoms with Gasteiger partial charge in [-0.3, -0.25) is 4.79 Å². The number of nitrogens with zero attached hydrogens (tertiary/aromatic N) is 2. The van der Waals surface area contributed by atoms with Crippen molar-refractivity contribution in [2.75, 3.05) is 7.11 Å². The van der Waals surface area contributed by atoms with Crippen LogP contribution in [0.3, 0.4) is 0 Å². The van der Waals surface area contributed by atoms with Crippen molar-refractivity contribution in [2.45, 2.75) is 0 Å². The molecule has 0 aliphatic rings. The summed E-state index contributed by atoms with van der Waals surface area (Å²) in [4.78, 5) is 23.9. The number of carbonyl (C=O) groups excluding carboxylic acids is 1. The highest BCUT2D eigenvalue weighted by Crippen LogP contribution is 2.25. The number of hydrogen-bond acceptors (Lipinski definition) is 5. The van der Waals surface area contributed by atoms with Gasteiger partial charge in [-0.2, -0.15) is 5.10 Å². The maximum atomic E-state index is 12.6. The molecule has 0 fully saturated rings. The molecule has 2 aromatic carbocycles. The zero-order chi connectivity index (χ0) is 18.0. The van der Waals surface area contributed by atoms with Gasteiger partial charge in [0.15, 0.2) is 5.78 Å². The number of carboxylic acids is 1. The second-order valence-electron chi connectivity index (χ2n) is 5.21. The van der Waals surface area contributed by atoms with Gasteiger partial charge in [0.1, 0.15) is 11.5 Å². The predicted molar refractivity (Wildman–Crippen MR) is 88.6 cm³/mol. The van der Waals surface area contributed by atoms with E-state index in [0.29, 0.717) is 11.4 Å². The van der Waals surface area contributed by atoms with Crippen molar-refractivity contribution in [1.29, 1.82) is 0 Å². The van der Waals surface area contributed by atoms with Crippen LogP contribution in [-0.4, -0.2) is 38.9 Å². The van der Waals surface area contributed by atoms with Crippen molar-refractivity contribution in [3.63, 3.8) is 0 Å². The van der Waals surface area contributed by atoms with Gasteiger partial charge in [-0.1, -0.05) is 12.1 Å². The van der Waals surface area contributed by atoms with Crippen molar-refractivity contribution in [1.82, 2.24) is 9.78 Å². The van der Waals surface area contributed by atoms with Crippen LogP contribution in [0.2, 0.25) is 0 Å². The second kappa shape index (κ2) is 6.48. The molecule has 126 valence electrons. The fraction of sp³-hybridized carbons (Fsp3) is 0.0556. The van der Waals surface area contributed by atoms with Crippen LogP contribution in [0, 0.1) is 0 Å². The smallest absolute Gasteiger partial charge is 0.337 e. The lowest BCUT2D eigenvalue weighted by molar-refractivity contribution is 0.0696. The molecule has 0 amide bonds. The lowest BCUT2D eigenvalue weighted by Crippen LogP contribution is -2.05. The quantitative estimate of drug-likeness (QED) is 0.693. The Hall–Kier alpha value is -3.61. The van der Waals surface area contributed by atoms with E-state index in [9.17, 15) is 19.8 Å². The van der Waals surface area contributed by atoms with Gasteiger partial charge in [0.05, 0.1) is 35.7 Å². The van der Waals surface area contributed by atoms with E-state index in [2.05, 4.69) is 5.10 Å². The number of carboxylic acid groups (broad SMARTS) is 1. The predicted octanol–water partition coefficient (Wildman–Crippen LogP) is 2.52. The minimum absolute atomic E-state index is 0.0637. The van der Waals surface area contributed by atoms with E-state index in [4.69, 9.17) is 4.74 Å². The minimum Gasteiger partial charge on any atom is -0.507 e. The van der Waals surface area contributed by atoms with E-state index < -0.39 is 11.8 Å². The number of rotatable bonds is 5. The van der Waals surface area contributed by atoms with E-state index in [-0.39, 0.29) is 22.4 Å². The average Bonchev–Trinajstić information content (AvgIpc) is 3.11. The summed E-state index contributed by atoms with van der Waals surface area (Å²) in [5.41, 5.74) is 0.687. The Morgan fingerprint density at radius 1 is 1.12 bits per heavy atom. The van der Waals surface area contributed by atoms with Gasteiger partial charge < -0.3 is 14.9 Å². The Morgan fingerprint density at radius 3 is 2.60 bits per heavy atom. The van der Waals surface area contributed by atoms with Gasteiger partial charge in [0.25, 0.3) is 0 Å². The van der Waals surface area contributed by atoms with E-state index >= 15 is 0 Å². The number of phenolic OH excluding ortho intramolecular Hbond substituents is 1. The van der Waals surface area contributed by atoms with Crippen molar-refractivity contribution in [3.8, 4) is 17.2 Å². The van der Waals surface area contributed by atoms with E-state index in [1.807, 2.05) is 0 Å². The lowest BCUT2D eigenvalue weighted by atomic mass is 10.1. The number of aromatic nitrogens is 2. The fourth-order valence-electron chi connectivity index (χ4n) is 2.41. The molecule has 1 heterocycles. The van der Waals surface area contributed by atoms with Crippen LogP contribution in [0.25, 0.3) is 5.69 Å². The largest absolute Gasteiger partial charge is 0.507 e. The maximum Gasteiger partial charge on any atom is 0.337 e. The molecule has 0 bridgehead atoms. The highest BCUT2D eigenvalue weighted by atomic mass is 16.5. The van der Waals surface area contributed by atoms with Crippen LogP contribution < -0.4 is 4.74 Å². The van der Waals surface area contributed by atoms with Gasteiger partial charge in [0.2, 0.25) is 0 Å². The number of phenols is 1. The molecule has 0 radical (unpaired) electrons. The number of ether oxygens (including phenoxy) is 1. The summed E-state index contributed by atoms with van der Waals surface area (Å²) in [6, 6.07) is 10.7. The monoisotopic (exact) mass is 338 g/mol. The molecular formula is C18H14N2O5. The molecule has 3 rings (SSSR count). The van der Waals surface area contributed by atoms with Crippen LogP contribution in [0.4, 0.5) is 0 Å². The van der Waals surface area contributed by atoms with Crippen molar-refractivity contribution >= 4 is 11.8 Å². The van der Waals surface area contributed by atoms with Gasteiger partial charge in [0, 0.05) is 6.20 Å². The summed E-state index contributed by atoms with van der Waals surface area (Å²) < 4.78 is 6.38. The average molecular weight is 338 g/mol. The standard InChI is InChI=1S/C18H14N2O5/c1-25-12-6-7-16(21)14(8-12)17(22)11-9-19-20(10-11)15-5-3-2-4-13(15)18(23)24/h2-10,21H,1H3,(H,23,24). The Balaban J connectivity index is 2.00. The number of hydrogen-bond donors (Lipinski definition) is 2. The summed E-state index contributed by atoms with van der Waals surface area (Å²) in [5, 5.41) is 23.2. The summed E-state index contributed by atoms with van der Waals surface area (Å²) in [6.07, 6.45) is 2.74. The number of aromatic hydroxyl groups is 1. The van der Waals surface area contributed by atoms with E-state index in [0.717, 1.165) is 0 Å². The minimum atomic E-state index is -1.09. The zero-order valence-electron chi connectivity index (χ0n) is 13.2. The normalized spacial score (nSPS) is 10.4. The van der Waals surface area contributed by atoms with Crippen LogP contribution in [0.15, 0.2) is 54.9 Å². The van der Waals surface area contributed by atoms with Crippen LogP contribution in [0.1, 0.15) is 26.3 Å². The molecule has 7 nitrogen and oxygen atoms in total. The molecule has 7 heteroatoms. The van der Waals surface area contributed by atoms with Crippen molar-refractivity contribution in [2.24, 2.45) is 0 Å². The highest BCUT2D eigenvalue weighted by Gasteiger charge is 2.18. The second-order valence-corrected chi connectivity index (χ2v) is 5.21. The number of methoxy groups -OCH3 is 1. The van der Waals surface area contributed by atoms with Crippen LogP contribution in [-0.2, 0) is 0 Å². The third-order valence-corrected chi connectivity index (χ3v) is 3.67. The topological polar surface area (TPSA) is 102 Å². The van der Waals surface area contributed by atoms with Crippen molar-refractivity contribution in [3.05, 3.63) is 71.5 Å². The molecule has 0 aliphatic carbocycles. The molecule has 2 N–H and O–H groups in total. The molecule has 0 spiro atoms. The van der Waals surface area contributed by atoms with Gasteiger partial charge in [-0.25, -0.2) is 9.48 Å². The van der Waals surface area contributed by atoms with Gasteiger partial charge in [-0.05, 0) is 30.3 Å². The molecule has 3 aromatic rings. The third-order valence-electron chi connectivity index (χ3n) is 3.67. The zero-order valence-corrected chi connectivity index (χ0v) is 13.2. The summed E-state index contributed by atoms with van der Waals surface area (Å²) in [7, 11) is 1.46. The Kier molecular flexibility index (Phi) is 4.21. The Morgan fingerprint density at radius 2 is 1.88 bits per heavy atom. The molecule has 0 aliphatic heterocycles. The molecule has 25 heavy (non-hydrogen) atoms. The molecule has 1 aromatic heterocycles. The van der Waals surface area contributed by atoms with Crippen molar-refractivity contribution < 1.29 is 24.5 Å².